The molecule has 9 heteroatoms. The van der Waals surface area contributed by atoms with Crippen molar-refractivity contribution in [1.29, 1.82) is 5.26 Å². The summed E-state index contributed by atoms with van der Waals surface area (Å²) in [6, 6.07) is 13.7. The molecule has 1 saturated heterocycles. The van der Waals surface area contributed by atoms with Crippen LogP contribution in [-0.2, 0) is 0 Å². The molecule has 0 amide bonds. The largest absolute Gasteiger partial charge is 0.388 e. The van der Waals surface area contributed by atoms with Gasteiger partial charge in [-0.1, -0.05) is 35.9 Å². The molecular weight excluding hydrogens is 474 g/mol. The molecule has 0 aliphatic carbocycles. The maximum atomic E-state index is 10.9. The van der Waals surface area contributed by atoms with E-state index in [4.69, 9.17) is 11.6 Å². The van der Waals surface area contributed by atoms with Crippen LogP contribution < -0.4 is 5.32 Å². The Morgan fingerprint density at radius 1 is 1.11 bits per heavy atom. The quantitative estimate of drug-likeness (QED) is 0.388. The molecule has 4 heterocycles. The molecule has 0 bridgehead atoms. The summed E-state index contributed by atoms with van der Waals surface area (Å²) < 4.78 is 1.81. The molecule has 0 radical (unpaired) electrons. The number of fused-ring (bicyclic) bond motifs is 1. The van der Waals surface area contributed by atoms with Gasteiger partial charge in [0, 0.05) is 6.20 Å². The summed E-state index contributed by atoms with van der Waals surface area (Å²) in [7, 11) is 2.12. The first-order valence-electron chi connectivity index (χ1n) is 12.1. The van der Waals surface area contributed by atoms with Crippen LogP contribution in [0.3, 0.4) is 0 Å². The van der Waals surface area contributed by atoms with Crippen molar-refractivity contribution < 1.29 is 5.11 Å². The summed E-state index contributed by atoms with van der Waals surface area (Å²) in [5, 5.41) is 24.4. The van der Waals surface area contributed by atoms with Gasteiger partial charge in [-0.15, -0.1) is 0 Å². The number of anilines is 1. The highest BCUT2D eigenvalue weighted by Crippen LogP contribution is 2.31. The summed E-state index contributed by atoms with van der Waals surface area (Å²) in [6.45, 7) is 4.07. The van der Waals surface area contributed by atoms with Crippen LogP contribution in [0.2, 0.25) is 5.02 Å². The summed E-state index contributed by atoms with van der Waals surface area (Å²) in [5.74, 6) is 0.700. The van der Waals surface area contributed by atoms with E-state index in [9.17, 15) is 10.4 Å². The minimum absolute atomic E-state index is 0.0862. The fraction of sp³-hybridized carbons (Fsp3) is 0.333. The van der Waals surface area contributed by atoms with Gasteiger partial charge < -0.3 is 15.3 Å². The number of imidazole rings is 1. The number of hydrogen-bond donors (Lipinski definition) is 2. The number of aliphatic hydroxyl groups excluding tert-OH is 1. The number of nitriles is 1. The van der Waals surface area contributed by atoms with E-state index in [0.29, 0.717) is 39.5 Å². The minimum Gasteiger partial charge on any atom is -0.388 e. The molecule has 1 aromatic carbocycles. The number of aromatic nitrogens is 4. The SMILES string of the molecule is C[C@H](Nc1ncc(C#N)c(-c2cnc3c(Cl)cccn23)n1)c1ccc(C(O)C2CCN(C)CC2)cc1. The lowest BCUT2D eigenvalue weighted by Crippen LogP contribution is -2.32. The van der Waals surface area contributed by atoms with E-state index in [2.05, 4.69) is 38.3 Å². The maximum Gasteiger partial charge on any atom is 0.223 e. The van der Waals surface area contributed by atoms with Gasteiger partial charge in [-0.25, -0.2) is 15.0 Å². The van der Waals surface area contributed by atoms with Crippen LogP contribution in [0.25, 0.3) is 17.0 Å². The number of hydrogen-bond acceptors (Lipinski definition) is 7. The van der Waals surface area contributed by atoms with E-state index >= 15 is 0 Å². The highest BCUT2D eigenvalue weighted by Gasteiger charge is 2.25. The highest BCUT2D eigenvalue weighted by molar-refractivity contribution is 6.33. The smallest absolute Gasteiger partial charge is 0.223 e. The lowest BCUT2D eigenvalue weighted by atomic mass is 9.87. The number of aliphatic hydroxyl groups is 1. The lowest BCUT2D eigenvalue weighted by Gasteiger charge is -2.32. The molecule has 36 heavy (non-hydrogen) atoms. The third kappa shape index (κ3) is 4.78. The van der Waals surface area contributed by atoms with Gasteiger partial charge in [0.15, 0.2) is 5.65 Å². The van der Waals surface area contributed by atoms with Gasteiger partial charge in [-0.05, 0) is 69.1 Å². The van der Waals surface area contributed by atoms with Crippen LogP contribution >= 0.6 is 11.6 Å². The van der Waals surface area contributed by atoms with Crippen molar-refractivity contribution in [2.75, 3.05) is 25.5 Å². The molecule has 3 aromatic heterocycles. The summed E-state index contributed by atoms with van der Waals surface area (Å²) in [5.41, 5.74) is 4.08. The van der Waals surface area contributed by atoms with Crippen molar-refractivity contribution >= 4 is 23.2 Å². The summed E-state index contributed by atoms with van der Waals surface area (Å²) in [6.07, 6.45) is 6.58. The van der Waals surface area contributed by atoms with E-state index in [0.717, 1.165) is 37.1 Å². The second-order valence-corrected chi connectivity index (χ2v) is 9.79. The van der Waals surface area contributed by atoms with Crippen molar-refractivity contribution in [1.82, 2.24) is 24.3 Å². The van der Waals surface area contributed by atoms with Gasteiger partial charge in [-0.2, -0.15) is 5.26 Å². The number of rotatable bonds is 6. The number of benzene rings is 1. The van der Waals surface area contributed by atoms with E-state index < -0.39 is 6.10 Å². The minimum atomic E-state index is -0.445. The molecule has 1 aliphatic heterocycles. The fourth-order valence-corrected chi connectivity index (χ4v) is 4.97. The maximum absolute atomic E-state index is 10.9. The fourth-order valence-electron chi connectivity index (χ4n) is 4.76. The molecule has 184 valence electrons. The third-order valence-electron chi connectivity index (χ3n) is 6.97. The zero-order valence-electron chi connectivity index (χ0n) is 20.3. The van der Waals surface area contributed by atoms with Crippen LogP contribution in [0.15, 0.2) is 55.0 Å². The lowest BCUT2D eigenvalue weighted by molar-refractivity contribution is 0.0657. The standard InChI is InChI=1S/C27H28ClN7O/c1-17(18-5-7-19(8-6-18)25(36)20-9-12-34(2)13-10-20)32-27-31-15-21(14-29)24(33-27)23-16-30-26-22(28)4-3-11-35(23)26/h3-8,11,15-17,20,25,36H,9-10,12-13H2,1-2H3,(H,31,32,33)/t17-,25?/m0/s1. The molecule has 8 nitrogen and oxygen atoms in total. The topological polar surface area (TPSA) is 102 Å². The van der Waals surface area contributed by atoms with Crippen molar-refractivity contribution in [3.63, 3.8) is 0 Å². The molecule has 2 N–H and O–H groups in total. The van der Waals surface area contributed by atoms with E-state index in [1.165, 1.54) is 6.20 Å². The average molecular weight is 502 g/mol. The van der Waals surface area contributed by atoms with Gasteiger partial charge in [0.25, 0.3) is 0 Å². The van der Waals surface area contributed by atoms with Gasteiger partial charge in [-0.3, -0.25) is 4.40 Å². The third-order valence-corrected chi connectivity index (χ3v) is 7.27. The summed E-state index contributed by atoms with van der Waals surface area (Å²) >= 11 is 6.27. The second-order valence-electron chi connectivity index (χ2n) is 9.38. The Morgan fingerprint density at radius 3 is 2.56 bits per heavy atom. The van der Waals surface area contributed by atoms with E-state index in [1.54, 1.807) is 12.3 Å². The van der Waals surface area contributed by atoms with Gasteiger partial charge in [0.1, 0.15) is 11.8 Å². The van der Waals surface area contributed by atoms with Gasteiger partial charge >= 0.3 is 0 Å². The van der Waals surface area contributed by atoms with Crippen molar-refractivity contribution in [2.45, 2.75) is 31.9 Å². The van der Waals surface area contributed by atoms with Crippen LogP contribution in [-0.4, -0.2) is 49.5 Å². The second kappa shape index (κ2) is 10.2. The Hall–Kier alpha value is -3.51. The van der Waals surface area contributed by atoms with Crippen LogP contribution in [0.5, 0.6) is 0 Å². The van der Waals surface area contributed by atoms with Crippen molar-refractivity contribution in [2.24, 2.45) is 5.92 Å². The number of pyridine rings is 1. The van der Waals surface area contributed by atoms with Gasteiger partial charge in [0.05, 0.1) is 40.8 Å². The number of nitrogens with one attached hydrogen (secondary N) is 1. The van der Waals surface area contributed by atoms with E-state index in [1.807, 2.05) is 47.9 Å². The first-order valence-corrected chi connectivity index (χ1v) is 12.4. The molecule has 1 fully saturated rings. The molecule has 1 unspecified atom stereocenters. The Morgan fingerprint density at radius 2 is 1.83 bits per heavy atom. The molecule has 4 aromatic rings. The van der Waals surface area contributed by atoms with Crippen LogP contribution in [0.4, 0.5) is 5.95 Å². The zero-order valence-corrected chi connectivity index (χ0v) is 21.0. The molecule has 1 aliphatic rings. The summed E-state index contributed by atoms with van der Waals surface area (Å²) in [4.78, 5) is 15.7. The molecule has 0 spiro atoms. The molecule has 5 rings (SSSR count). The van der Waals surface area contributed by atoms with Crippen molar-refractivity contribution in [3.8, 4) is 17.5 Å². The first-order chi connectivity index (χ1) is 17.4. The van der Waals surface area contributed by atoms with Crippen molar-refractivity contribution in [3.05, 3.63) is 76.7 Å². The molecule has 0 saturated carbocycles. The number of piperidine rings is 1. The first kappa shape index (κ1) is 24.2. The van der Waals surface area contributed by atoms with Crippen LogP contribution in [0.1, 0.15) is 48.6 Å². The number of nitrogens with zero attached hydrogens (tertiary/aromatic N) is 6. The Kier molecular flexibility index (Phi) is 6.88. The molecule has 2 atom stereocenters. The number of halogens is 1. The highest BCUT2D eigenvalue weighted by atomic mass is 35.5. The monoisotopic (exact) mass is 501 g/mol. The average Bonchev–Trinajstić information content (AvgIpc) is 3.34. The van der Waals surface area contributed by atoms with E-state index in [-0.39, 0.29) is 6.04 Å². The Bertz CT molecular complexity index is 1400. The Labute approximate surface area is 215 Å². The Balaban J connectivity index is 1.34. The normalized spacial score (nSPS) is 16.5. The molecular formula is C27H28ClN7O. The van der Waals surface area contributed by atoms with Crippen LogP contribution in [0, 0.1) is 17.2 Å². The predicted molar refractivity (Wildman–Crippen MR) is 140 cm³/mol. The van der Waals surface area contributed by atoms with Gasteiger partial charge in [0.2, 0.25) is 5.95 Å². The number of likely N-dealkylation sites (tertiary alicyclic amines) is 1. The zero-order chi connectivity index (χ0) is 25.2. The predicted octanol–water partition coefficient (Wildman–Crippen LogP) is 4.86.